The van der Waals surface area contributed by atoms with Gasteiger partial charge in [0.15, 0.2) is 0 Å². The zero-order valence-electron chi connectivity index (χ0n) is 14.7. The quantitative estimate of drug-likeness (QED) is 0.585. The Labute approximate surface area is 151 Å². The Balaban J connectivity index is 1.87. The smallest absolute Gasteiger partial charge is 0.335 e. The molecule has 1 amide bonds. The molecule has 0 aliphatic rings. The Morgan fingerprint density at radius 3 is 2.35 bits per heavy atom. The lowest BCUT2D eigenvalue weighted by atomic mass is 10.0. The Hall–Kier alpha value is -3.15. The molecule has 2 aromatic carbocycles. The van der Waals surface area contributed by atoms with Crippen LogP contribution in [0.25, 0.3) is 0 Å². The maximum atomic E-state index is 12.0. The van der Waals surface area contributed by atoms with E-state index in [1.165, 1.54) is 12.1 Å². The second-order valence-corrected chi connectivity index (χ2v) is 5.87. The molecule has 0 aliphatic heterocycles. The molecule has 0 aliphatic carbocycles. The van der Waals surface area contributed by atoms with Gasteiger partial charge in [-0.3, -0.25) is 9.59 Å². The van der Waals surface area contributed by atoms with Gasteiger partial charge in [-0.2, -0.15) is 0 Å². The largest absolute Gasteiger partial charge is 0.478 e. The zero-order valence-corrected chi connectivity index (χ0v) is 14.7. The molecular formula is C20H21NO5. The summed E-state index contributed by atoms with van der Waals surface area (Å²) in [5.74, 6) is -1.38. The monoisotopic (exact) mass is 355 g/mol. The Morgan fingerprint density at radius 2 is 1.73 bits per heavy atom. The Bertz CT molecular complexity index is 811. The summed E-state index contributed by atoms with van der Waals surface area (Å²) >= 11 is 0. The van der Waals surface area contributed by atoms with E-state index in [9.17, 15) is 14.4 Å². The number of aromatic carboxylic acids is 1. The van der Waals surface area contributed by atoms with Crippen molar-refractivity contribution in [1.29, 1.82) is 0 Å². The number of ether oxygens (including phenoxy) is 1. The van der Waals surface area contributed by atoms with Crippen LogP contribution in [-0.2, 0) is 16.0 Å². The molecule has 0 unspecified atom stereocenters. The van der Waals surface area contributed by atoms with Gasteiger partial charge < -0.3 is 15.2 Å². The van der Waals surface area contributed by atoms with E-state index in [0.29, 0.717) is 23.4 Å². The van der Waals surface area contributed by atoms with E-state index >= 15 is 0 Å². The number of carboxylic acids is 1. The van der Waals surface area contributed by atoms with E-state index in [2.05, 4.69) is 5.32 Å². The third-order valence-corrected chi connectivity index (χ3v) is 3.81. The van der Waals surface area contributed by atoms with Crippen LogP contribution in [0.15, 0.2) is 42.5 Å². The van der Waals surface area contributed by atoms with Crippen molar-refractivity contribution in [2.75, 3.05) is 5.32 Å². The van der Waals surface area contributed by atoms with Crippen LogP contribution in [0, 0.1) is 6.92 Å². The molecule has 2 aromatic rings. The van der Waals surface area contributed by atoms with Crippen LogP contribution in [0.2, 0.25) is 0 Å². The summed E-state index contributed by atoms with van der Waals surface area (Å²) in [5.41, 5.74) is 2.41. The number of carbonyl (C=O) groups is 3. The molecule has 0 heterocycles. The van der Waals surface area contributed by atoms with E-state index in [0.717, 1.165) is 5.56 Å². The molecule has 6 nitrogen and oxygen atoms in total. The molecule has 136 valence electrons. The minimum absolute atomic E-state index is 0.0210. The van der Waals surface area contributed by atoms with E-state index in [4.69, 9.17) is 9.84 Å². The highest BCUT2D eigenvalue weighted by molar-refractivity contribution is 5.94. The first kappa shape index (κ1) is 19.2. The summed E-state index contributed by atoms with van der Waals surface area (Å²) in [7, 11) is 0. The fourth-order valence-electron chi connectivity index (χ4n) is 2.40. The van der Waals surface area contributed by atoms with Gasteiger partial charge in [-0.15, -0.1) is 0 Å². The van der Waals surface area contributed by atoms with E-state index in [1.807, 2.05) is 26.0 Å². The fourth-order valence-corrected chi connectivity index (χ4v) is 2.40. The van der Waals surface area contributed by atoms with Gasteiger partial charge >= 0.3 is 11.9 Å². The predicted molar refractivity (Wildman–Crippen MR) is 97.5 cm³/mol. The molecule has 0 radical (unpaired) electrons. The molecule has 0 bridgehead atoms. The highest BCUT2D eigenvalue weighted by atomic mass is 16.5. The van der Waals surface area contributed by atoms with Crippen molar-refractivity contribution in [2.45, 2.75) is 33.1 Å². The number of anilines is 1. The lowest BCUT2D eigenvalue weighted by molar-refractivity contribution is -0.135. The SMILES string of the molecule is CCc1cc(NC(=O)CCC(=O)Oc2ccc(C)cc2)ccc1C(=O)O. The third kappa shape index (κ3) is 5.44. The molecule has 0 atom stereocenters. The summed E-state index contributed by atoms with van der Waals surface area (Å²) in [6.07, 6.45) is 0.467. The van der Waals surface area contributed by atoms with Crippen LogP contribution in [0.5, 0.6) is 5.75 Å². The first-order valence-corrected chi connectivity index (χ1v) is 8.32. The van der Waals surface area contributed by atoms with Crippen LogP contribution < -0.4 is 10.1 Å². The fraction of sp³-hybridized carbons (Fsp3) is 0.250. The van der Waals surface area contributed by atoms with Crippen LogP contribution in [-0.4, -0.2) is 23.0 Å². The van der Waals surface area contributed by atoms with Gasteiger partial charge in [0.25, 0.3) is 0 Å². The number of hydrogen-bond donors (Lipinski definition) is 2. The van der Waals surface area contributed by atoms with Crippen LogP contribution in [0.1, 0.15) is 41.3 Å². The second-order valence-electron chi connectivity index (χ2n) is 5.87. The first-order chi connectivity index (χ1) is 12.4. The van der Waals surface area contributed by atoms with Gasteiger partial charge in [0.05, 0.1) is 12.0 Å². The molecule has 2 N–H and O–H groups in total. The highest BCUT2D eigenvalue weighted by Crippen LogP contribution is 2.17. The highest BCUT2D eigenvalue weighted by Gasteiger charge is 2.12. The van der Waals surface area contributed by atoms with Crippen molar-refractivity contribution in [3.8, 4) is 5.75 Å². The van der Waals surface area contributed by atoms with Gasteiger partial charge in [0.2, 0.25) is 5.91 Å². The van der Waals surface area contributed by atoms with E-state index in [1.54, 1.807) is 18.2 Å². The van der Waals surface area contributed by atoms with Gasteiger partial charge in [-0.25, -0.2) is 4.79 Å². The van der Waals surface area contributed by atoms with E-state index in [-0.39, 0.29) is 24.3 Å². The molecule has 0 saturated carbocycles. The van der Waals surface area contributed by atoms with Crippen LogP contribution >= 0.6 is 0 Å². The number of amides is 1. The molecule has 0 spiro atoms. The minimum Gasteiger partial charge on any atom is -0.478 e. The molecule has 0 aromatic heterocycles. The second kappa shape index (κ2) is 8.80. The number of benzene rings is 2. The summed E-state index contributed by atoms with van der Waals surface area (Å²) in [6.45, 7) is 3.78. The summed E-state index contributed by atoms with van der Waals surface area (Å²) < 4.78 is 5.16. The van der Waals surface area contributed by atoms with E-state index < -0.39 is 11.9 Å². The number of carboxylic acid groups (broad SMARTS) is 1. The van der Waals surface area contributed by atoms with Crippen molar-refractivity contribution in [3.63, 3.8) is 0 Å². The molecule has 0 fully saturated rings. The Kier molecular flexibility index (Phi) is 6.49. The van der Waals surface area contributed by atoms with Gasteiger partial charge in [0.1, 0.15) is 5.75 Å². The maximum absolute atomic E-state index is 12.0. The zero-order chi connectivity index (χ0) is 19.1. The average Bonchev–Trinajstić information content (AvgIpc) is 2.61. The molecule has 0 saturated heterocycles. The van der Waals surface area contributed by atoms with Gasteiger partial charge in [-0.05, 0) is 49.2 Å². The number of carbonyl (C=O) groups excluding carboxylic acids is 2. The molecular weight excluding hydrogens is 334 g/mol. The average molecular weight is 355 g/mol. The van der Waals surface area contributed by atoms with Crippen molar-refractivity contribution >= 4 is 23.5 Å². The first-order valence-electron chi connectivity index (χ1n) is 8.32. The van der Waals surface area contributed by atoms with Crippen LogP contribution in [0.4, 0.5) is 5.69 Å². The maximum Gasteiger partial charge on any atom is 0.335 e. The third-order valence-electron chi connectivity index (χ3n) is 3.81. The lowest BCUT2D eigenvalue weighted by Crippen LogP contribution is -2.16. The number of rotatable bonds is 7. The molecule has 6 heteroatoms. The Morgan fingerprint density at radius 1 is 1.04 bits per heavy atom. The van der Waals surface area contributed by atoms with Crippen molar-refractivity contribution in [3.05, 3.63) is 59.2 Å². The molecule has 2 rings (SSSR count). The van der Waals surface area contributed by atoms with Crippen molar-refractivity contribution < 1.29 is 24.2 Å². The number of aryl methyl sites for hydroxylation is 2. The summed E-state index contributed by atoms with van der Waals surface area (Å²) in [5, 5.41) is 11.8. The number of esters is 1. The molecule has 26 heavy (non-hydrogen) atoms. The topological polar surface area (TPSA) is 92.7 Å². The van der Waals surface area contributed by atoms with Crippen molar-refractivity contribution in [2.24, 2.45) is 0 Å². The predicted octanol–water partition coefficient (Wildman–Crippen LogP) is 3.58. The standard InChI is InChI=1S/C20H21NO5/c1-3-14-12-15(6-9-17(14)20(24)25)21-18(22)10-11-19(23)26-16-7-4-13(2)5-8-16/h4-9,12H,3,10-11H2,1-2H3,(H,21,22)(H,24,25). The normalized spacial score (nSPS) is 10.2. The lowest BCUT2D eigenvalue weighted by Gasteiger charge is -2.09. The minimum atomic E-state index is -1.00. The number of nitrogens with one attached hydrogen (secondary N) is 1. The van der Waals surface area contributed by atoms with Gasteiger partial charge in [-0.1, -0.05) is 24.6 Å². The summed E-state index contributed by atoms with van der Waals surface area (Å²) in [6, 6.07) is 11.7. The van der Waals surface area contributed by atoms with Gasteiger partial charge in [0, 0.05) is 12.1 Å². The number of hydrogen-bond acceptors (Lipinski definition) is 4. The van der Waals surface area contributed by atoms with Crippen molar-refractivity contribution in [1.82, 2.24) is 0 Å². The summed E-state index contributed by atoms with van der Waals surface area (Å²) in [4.78, 5) is 34.9. The van der Waals surface area contributed by atoms with Crippen LogP contribution in [0.3, 0.4) is 0 Å².